The molecule has 0 radical (unpaired) electrons. The van der Waals surface area contributed by atoms with Crippen molar-refractivity contribution in [1.29, 1.82) is 5.26 Å². The summed E-state index contributed by atoms with van der Waals surface area (Å²) in [5.41, 5.74) is 5.40. The molecule has 1 aromatic carbocycles. The Morgan fingerprint density at radius 1 is 1.23 bits per heavy atom. The number of aromatic amines is 1. The van der Waals surface area contributed by atoms with Crippen LogP contribution in [-0.2, 0) is 4.79 Å². The zero-order chi connectivity index (χ0) is 21.6. The van der Waals surface area contributed by atoms with Crippen molar-refractivity contribution < 1.29 is 4.79 Å². The second-order valence-electron chi connectivity index (χ2n) is 8.49. The molecule has 7 nitrogen and oxygen atoms in total. The number of nitrogens with zero attached hydrogens (tertiary/aromatic N) is 5. The van der Waals surface area contributed by atoms with Crippen LogP contribution < -0.4 is 4.90 Å². The van der Waals surface area contributed by atoms with Crippen molar-refractivity contribution in [1.82, 2.24) is 20.1 Å². The number of fused-ring (bicyclic) bond motifs is 1. The molecule has 2 aromatic heterocycles. The van der Waals surface area contributed by atoms with Crippen molar-refractivity contribution in [2.24, 2.45) is 5.41 Å². The monoisotopic (exact) mass is 410 g/mol. The Morgan fingerprint density at radius 2 is 2.06 bits per heavy atom. The Labute approximate surface area is 180 Å². The Kier molecular flexibility index (Phi) is 4.41. The summed E-state index contributed by atoms with van der Waals surface area (Å²) in [4.78, 5) is 20.6. The molecule has 154 valence electrons. The van der Waals surface area contributed by atoms with Gasteiger partial charge in [0, 0.05) is 48.7 Å². The Bertz CT molecular complexity index is 1300. The number of rotatable bonds is 2. The third-order valence-corrected chi connectivity index (χ3v) is 6.49. The highest BCUT2D eigenvalue weighted by Gasteiger charge is 2.49. The van der Waals surface area contributed by atoms with Gasteiger partial charge in [0.05, 0.1) is 29.2 Å². The lowest BCUT2D eigenvalue weighted by Crippen LogP contribution is -2.59. The number of hydrogen-bond acceptors (Lipinski definition) is 5. The molecule has 7 heteroatoms. The van der Waals surface area contributed by atoms with Gasteiger partial charge >= 0.3 is 0 Å². The Morgan fingerprint density at radius 3 is 2.84 bits per heavy atom. The van der Waals surface area contributed by atoms with Crippen LogP contribution in [0.3, 0.4) is 0 Å². The molecule has 2 saturated heterocycles. The molecule has 1 spiro atoms. The molecule has 2 fully saturated rings. The van der Waals surface area contributed by atoms with E-state index in [1.54, 1.807) is 25.5 Å². The van der Waals surface area contributed by atoms with Crippen LogP contribution in [-0.4, -0.2) is 52.2 Å². The van der Waals surface area contributed by atoms with E-state index in [2.05, 4.69) is 38.0 Å². The van der Waals surface area contributed by atoms with E-state index in [1.165, 1.54) is 0 Å². The van der Waals surface area contributed by atoms with E-state index < -0.39 is 0 Å². The van der Waals surface area contributed by atoms with Gasteiger partial charge in [-0.3, -0.25) is 14.9 Å². The fraction of sp³-hybridized carbons (Fsp3) is 0.333. The van der Waals surface area contributed by atoms with Gasteiger partial charge in [0.25, 0.3) is 5.91 Å². The maximum atomic E-state index is 12.0. The zero-order valence-corrected chi connectivity index (χ0v) is 17.6. The number of amides is 1. The molecule has 5 rings (SSSR count). The predicted molar refractivity (Wildman–Crippen MR) is 118 cm³/mol. The standard InChI is InChI=1S/C24H22N6O/c1-3-4-22(31)30-14-24(15-30)7-8-29(13-24)21-12-26-10-18(17(21)9-25)23-16(2)5-6-20-19(23)11-27-28-20/h5-6,10-12H,7-8,13-15H2,1-2H3,(H,27,28). The quantitative estimate of drug-likeness (QED) is 0.656. The van der Waals surface area contributed by atoms with Crippen LogP contribution in [0.2, 0.25) is 0 Å². The molecule has 0 bridgehead atoms. The van der Waals surface area contributed by atoms with E-state index in [9.17, 15) is 10.1 Å². The highest BCUT2D eigenvalue weighted by Crippen LogP contribution is 2.43. The number of H-pyrrole nitrogens is 1. The SMILES string of the molecule is CC#CC(=O)N1CC2(CCN(c3cncc(-c4c(C)ccc5[nH]ncc45)c3C#N)C2)C1. The normalized spacial score (nSPS) is 16.7. The zero-order valence-electron chi connectivity index (χ0n) is 17.6. The molecule has 3 aromatic rings. The molecule has 0 unspecified atom stereocenters. The van der Waals surface area contributed by atoms with Crippen LogP contribution in [0.15, 0.2) is 30.7 Å². The largest absolute Gasteiger partial charge is 0.368 e. The molecule has 0 atom stereocenters. The molecule has 31 heavy (non-hydrogen) atoms. The number of anilines is 1. The predicted octanol–water partition coefficient (Wildman–Crippen LogP) is 2.87. The average Bonchev–Trinajstić information content (AvgIpc) is 3.39. The summed E-state index contributed by atoms with van der Waals surface area (Å²) < 4.78 is 0. The van der Waals surface area contributed by atoms with E-state index >= 15 is 0 Å². The number of aryl methyl sites for hydroxylation is 1. The van der Waals surface area contributed by atoms with Crippen molar-refractivity contribution >= 4 is 22.5 Å². The van der Waals surface area contributed by atoms with E-state index in [1.807, 2.05) is 24.0 Å². The molecule has 1 amide bonds. The van der Waals surface area contributed by atoms with Gasteiger partial charge in [-0.25, -0.2) is 0 Å². The summed E-state index contributed by atoms with van der Waals surface area (Å²) in [7, 11) is 0. The van der Waals surface area contributed by atoms with Gasteiger partial charge in [-0.1, -0.05) is 12.0 Å². The number of carbonyl (C=O) groups excluding carboxylic acids is 1. The maximum absolute atomic E-state index is 12.0. The Balaban J connectivity index is 1.48. The molecular formula is C24H22N6O. The fourth-order valence-electron chi connectivity index (χ4n) is 4.97. The van der Waals surface area contributed by atoms with E-state index in [0.717, 1.165) is 65.9 Å². The summed E-state index contributed by atoms with van der Waals surface area (Å²) in [6, 6.07) is 6.47. The molecule has 2 aliphatic heterocycles. The molecule has 2 aliphatic rings. The summed E-state index contributed by atoms with van der Waals surface area (Å²) in [5.74, 6) is 5.20. The second kappa shape index (κ2) is 7.14. The number of pyridine rings is 1. The minimum Gasteiger partial charge on any atom is -0.368 e. The van der Waals surface area contributed by atoms with Crippen molar-refractivity contribution in [3.05, 3.63) is 41.9 Å². The molecule has 0 saturated carbocycles. The number of hydrogen-bond donors (Lipinski definition) is 1. The van der Waals surface area contributed by atoms with Crippen LogP contribution in [0, 0.1) is 35.5 Å². The summed E-state index contributed by atoms with van der Waals surface area (Å²) in [6.07, 6.45) is 6.35. The van der Waals surface area contributed by atoms with Crippen molar-refractivity contribution in [2.45, 2.75) is 20.3 Å². The fourth-order valence-corrected chi connectivity index (χ4v) is 4.97. The lowest BCUT2D eigenvalue weighted by Gasteiger charge is -2.47. The first kappa shape index (κ1) is 19.1. The number of likely N-dealkylation sites (tertiary alicyclic amines) is 1. The first-order chi connectivity index (χ1) is 15.0. The smallest absolute Gasteiger partial charge is 0.298 e. The topological polar surface area (TPSA) is 88.9 Å². The van der Waals surface area contributed by atoms with Crippen LogP contribution in [0.5, 0.6) is 0 Å². The van der Waals surface area contributed by atoms with Crippen LogP contribution in [0.1, 0.15) is 24.5 Å². The highest BCUT2D eigenvalue weighted by molar-refractivity contribution is 5.98. The summed E-state index contributed by atoms with van der Waals surface area (Å²) in [5, 5.41) is 18.3. The van der Waals surface area contributed by atoms with E-state index in [0.29, 0.717) is 5.56 Å². The first-order valence-electron chi connectivity index (χ1n) is 10.3. The first-order valence-corrected chi connectivity index (χ1v) is 10.3. The third-order valence-electron chi connectivity index (χ3n) is 6.49. The van der Waals surface area contributed by atoms with Crippen molar-refractivity contribution in [3.63, 3.8) is 0 Å². The summed E-state index contributed by atoms with van der Waals surface area (Å²) in [6.45, 7) is 6.82. The van der Waals surface area contributed by atoms with Gasteiger partial charge in [0.15, 0.2) is 0 Å². The lowest BCUT2D eigenvalue weighted by molar-refractivity contribution is -0.135. The van der Waals surface area contributed by atoms with E-state index in [4.69, 9.17) is 0 Å². The lowest BCUT2D eigenvalue weighted by atomic mass is 9.79. The van der Waals surface area contributed by atoms with Gasteiger partial charge in [0.1, 0.15) is 6.07 Å². The summed E-state index contributed by atoms with van der Waals surface area (Å²) >= 11 is 0. The van der Waals surface area contributed by atoms with Gasteiger partial charge in [0.2, 0.25) is 0 Å². The van der Waals surface area contributed by atoms with E-state index in [-0.39, 0.29) is 11.3 Å². The van der Waals surface area contributed by atoms with Gasteiger partial charge in [-0.05, 0) is 43.4 Å². The minimum absolute atomic E-state index is 0.0777. The van der Waals surface area contributed by atoms with Crippen LogP contribution >= 0.6 is 0 Å². The average molecular weight is 410 g/mol. The van der Waals surface area contributed by atoms with Crippen molar-refractivity contribution in [3.8, 4) is 29.0 Å². The Hall–Kier alpha value is -3.84. The minimum atomic E-state index is -0.100. The molecule has 0 aliphatic carbocycles. The number of carbonyl (C=O) groups is 1. The molecular weight excluding hydrogens is 388 g/mol. The molecule has 1 N–H and O–H groups in total. The van der Waals surface area contributed by atoms with Crippen molar-refractivity contribution in [2.75, 3.05) is 31.1 Å². The van der Waals surface area contributed by atoms with Crippen LogP contribution in [0.25, 0.3) is 22.0 Å². The third kappa shape index (κ3) is 3.02. The highest BCUT2D eigenvalue weighted by atomic mass is 16.2. The number of nitriles is 1. The van der Waals surface area contributed by atoms with Gasteiger partial charge in [-0.2, -0.15) is 10.4 Å². The number of nitrogens with one attached hydrogen (secondary N) is 1. The maximum Gasteiger partial charge on any atom is 0.298 e. The van der Waals surface area contributed by atoms with Gasteiger partial charge < -0.3 is 9.80 Å². The second-order valence-corrected chi connectivity index (χ2v) is 8.49. The van der Waals surface area contributed by atoms with Crippen LogP contribution in [0.4, 0.5) is 5.69 Å². The number of aromatic nitrogens is 3. The molecule has 4 heterocycles. The van der Waals surface area contributed by atoms with Gasteiger partial charge in [-0.15, -0.1) is 0 Å². The number of benzene rings is 1.